The molecular weight excluding hydrogens is 475 g/mol. The van der Waals surface area contributed by atoms with Crippen LogP contribution >= 0.6 is 11.8 Å². The summed E-state index contributed by atoms with van der Waals surface area (Å²) in [5.41, 5.74) is 3.40. The summed E-state index contributed by atoms with van der Waals surface area (Å²) in [6, 6.07) is 6.68. The van der Waals surface area contributed by atoms with Crippen LogP contribution in [0.1, 0.15) is 48.6 Å². The summed E-state index contributed by atoms with van der Waals surface area (Å²) in [5, 5.41) is 15.5. The van der Waals surface area contributed by atoms with E-state index in [9.17, 15) is 14.3 Å². The second-order valence-corrected chi connectivity index (χ2v) is 11.1. The summed E-state index contributed by atoms with van der Waals surface area (Å²) in [6.07, 6.45) is 7.33. The van der Waals surface area contributed by atoms with Gasteiger partial charge < -0.3 is 15.3 Å². The summed E-state index contributed by atoms with van der Waals surface area (Å²) in [5.74, 6) is -0.463. The van der Waals surface area contributed by atoms with Gasteiger partial charge in [-0.15, -0.1) is 0 Å². The van der Waals surface area contributed by atoms with Crippen molar-refractivity contribution in [1.82, 2.24) is 15.2 Å². The fraction of sp³-hybridized carbons (Fsp3) is 0.429. The number of pyridine rings is 1. The molecule has 1 atom stereocenters. The molecule has 0 saturated carbocycles. The lowest BCUT2D eigenvalue weighted by atomic mass is 9.93. The van der Waals surface area contributed by atoms with Gasteiger partial charge >= 0.3 is 0 Å². The molecule has 3 aliphatic heterocycles. The van der Waals surface area contributed by atoms with Crippen LogP contribution in [0.4, 0.5) is 10.1 Å². The number of aliphatic hydroxyl groups is 1. The molecule has 1 unspecified atom stereocenters. The number of rotatable bonds is 7. The highest BCUT2D eigenvalue weighted by molar-refractivity contribution is 8.13. The van der Waals surface area contributed by atoms with E-state index in [1.165, 1.54) is 23.5 Å². The summed E-state index contributed by atoms with van der Waals surface area (Å²) < 4.78 is 14.9. The Balaban J connectivity index is 1.18. The number of carbonyl (C=O) groups is 1. The molecule has 2 N–H and O–H groups in total. The molecule has 190 valence electrons. The van der Waals surface area contributed by atoms with Crippen molar-refractivity contribution in [3.05, 3.63) is 70.9 Å². The van der Waals surface area contributed by atoms with Crippen LogP contribution in [0.5, 0.6) is 0 Å². The molecule has 0 bridgehead atoms. The number of likely N-dealkylation sites (tertiary alicyclic amines) is 1. The fourth-order valence-electron chi connectivity index (χ4n) is 5.38. The second kappa shape index (κ2) is 10.1. The fourth-order valence-corrected chi connectivity index (χ4v) is 6.21. The Morgan fingerprint density at radius 3 is 2.86 bits per heavy atom. The maximum absolute atomic E-state index is 14.9. The normalized spacial score (nSPS) is 21.8. The maximum atomic E-state index is 14.9. The minimum Gasteiger partial charge on any atom is -0.382 e. The van der Waals surface area contributed by atoms with E-state index >= 15 is 0 Å². The Morgan fingerprint density at radius 1 is 1.33 bits per heavy atom. The summed E-state index contributed by atoms with van der Waals surface area (Å²) in [6.45, 7) is 11.1. The molecule has 1 fully saturated rings. The first-order valence-corrected chi connectivity index (χ1v) is 13.4. The number of benzene rings is 1. The van der Waals surface area contributed by atoms with Crippen molar-refractivity contribution >= 4 is 28.6 Å². The average molecular weight is 509 g/mol. The number of anilines is 1. The van der Waals surface area contributed by atoms with Crippen molar-refractivity contribution in [3.63, 3.8) is 0 Å². The van der Waals surface area contributed by atoms with E-state index in [0.29, 0.717) is 36.0 Å². The molecule has 6 nitrogen and oxygen atoms in total. The Hall–Kier alpha value is -2.52. The van der Waals surface area contributed by atoms with Gasteiger partial charge in [0.25, 0.3) is 0 Å². The molecular formula is C28H33FN4O2S. The van der Waals surface area contributed by atoms with E-state index in [-0.39, 0.29) is 11.7 Å². The Morgan fingerprint density at radius 2 is 2.11 bits per heavy atom. The third kappa shape index (κ3) is 4.87. The number of piperidine rings is 1. The summed E-state index contributed by atoms with van der Waals surface area (Å²) in [7, 11) is 0. The lowest BCUT2D eigenvalue weighted by molar-refractivity contribution is -0.110. The SMILES string of the molecule is C=C1C=Cc2ncc(F)c3c2N1CC3(O)CN1CCC(NCc2ccc(C)c(SC(=O)CC)c2)CC1. The van der Waals surface area contributed by atoms with Crippen LogP contribution in [0.15, 0.2) is 47.6 Å². The monoisotopic (exact) mass is 508 g/mol. The number of allylic oxidation sites excluding steroid dienone is 1. The molecule has 1 aromatic carbocycles. The minimum absolute atomic E-state index is 0.180. The van der Waals surface area contributed by atoms with Crippen molar-refractivity contribution < 1.29 is 14.3 Å². The number of aromatic nitrogens is 1. The van der Waals surface area contributed by atoms with E-state index < -0.39 is 11.4 Å². The van der Waals surface area contributed by atoms with Gasteiger partial charge in [-0.25, -0.2) is 4.39 Å². The molecule has 0 amide bonds. The number of nitrogens with zero attached hydrogens (tertiary/aromatic N) is 3. The number of hydrogen-bond donors (Lipinski definition) is 2. The molecule has 0 radical (unpaired) electrons. The van der Waals surface area contributed by atoms with Gasteiger partial charge in [0, 0.05) is 41.7 Å². The van der Waals surface area contributed by atoms with Gasteiger partial charge in [-0.05, 0) is 62.2 Å². The zero-order valence-corrected chi connectivity index (χ0v) is 21.7. The third-order valence-corrected chi connectivity index (χ3v) is 8.58. The molecule has 4 heterocycles. The maximum Gasteiger partial charge on any atom is 0.193 e. The van der Waals surface area contributed by atoms with Crippen molar-refractivity contribution in [2.75, 3.05) is 31.1 Å². The number of aryl methyl sites for hydroxylation is 1. The zero-order chi connectivity index (χ0) is 25.4. The van der Waals surface area contributed by atoms with Crippen LogP contribution in [0.25, 0.3) is 6.08 Å². The molecule has 2 aromatic rings. The first kappa shape index (κ1) is 25.1. The van der Waals surface area contributed by atoms with E-state index in [1.54, 1.807) is 0 Å². The topological polar surface area (TPSA) is 68.7 Å². The van der Waals surface area contributed by atoms with Gasteiger partial charge in [0.15, 0.2) is 5.12 Å². The average Bonchev–Trinajstić information content (AvgIpc) is 3.18. The number of hydrogen-bond acceptors (Lipinski definition) is 7. The van der Waals surface area contributed by atoms with Crippen LogP contribution in [0.2, 0.25) is 0 Å². The van der Waals surface area contributed by atoms with Gasteiger partial charge in [0.2, 0.25) is 0 Å². The predicted octanol–water partition coefficient (Wildman–Crippen LogP) is 4.36. The molecule has 36 heavy (non-hydrogen) atoms. The van der Waals surface area contributed by atoms with Crippen LogP contribution < -0.4 is 10.2 Å². The Labute approximate surface area is 216 Å². The van der Waals surface area contributed by atoms with Crippen LogP contribution in [-0.4, -0.2) is 52.3 Å². The smallest absolute Gasteiger partial charge is 0.193 e. The quantitative estimate of drug-likeness (QED) is 0.539. The highest BCUT2D eigenvalue weighted by Crippen LogP contribution is 2.46. The Bertz CT molecular complexity index is 1220. The van der Waals surface area contributed by atoms with Gasteiger partial charge in [-0.2, -0.15) is 0 Å². The van der Waals surface area contributed by atoms with Gasteiger partial charge in [0.1, 0.15) is 11.4 Å². The lowest BCUT2D eigenvalue weighted by Gasteiger charge is -2.37. The summed E-state index contributed by atoms with van der Waals surface area (Å²) >= 11 is 1.32. The molecule has 0 aliphatic carbocycles. The minimum atomic E-state index is -1.31. The predicted molar refractivity (Wildman–Crippen MR) is 142 cm³/mol. The first-order valence-electron chi connectivity index (χ1n) is 12.6. The van der Waals surface area contributed by atoms with Crippen LogP contribution in [0, 0.1) is 12.7 Å². The van der Waals surface area contributed by atoms with E-state index in [1.807, 2.05) is 30.9 Å². The second-order valence-electron chi connectivity index (χ2n) is 10.0. The van der Waals surface area contributed by atoms with Crippen molar-refractivity contribution in [2.45, 2.75) is 56.2 Å². The number of nitrogens with one attached hydrogen (secondary N) is 1. The number of halogens is 1. The lowest BCUT2D eigenvalue weighted by Crippen LogP contribution is -2.49. The highest BCUT2D eigenvalue weighted by atomic mass is 32.2. The molecule has 8 heteroatoms. The number of β-amino-alcohol motifs (C(OH)–C–C–N with tert-alkyl or cyclic N) is 1. The molecule has 3 aliphatic rings. The molecule has 5 rings (SSSR count). The van der Waals surface area contributed by atoms with Gasteiger partial charge in [-0.3, -0.25) is 14.7 Å². The zero-order valence-electron chi connectivity index (χ0n) is 20.9. The van der Waals surface area contributed by atoms with Crippen molar-refractivity contribution in [3.8, 4) is 0 Å². The summed E-state index contributed by atoms with van der Waals surface area (Å²) in [4.78, 5) is 21.2. The van der Waals surface area contributed by atoms with Crippen molar-refractivity contribution in [2.24, 2.45) is 0 Å². The Kier molecular flexibility index (Phi) is 7.05. The van der Waals surface area contributed by atoms with E-state index in [2.05, 4.69) is 40.0 Å². The first-order chi connectivity index (χ1) is 17.3. The third-order valence-electron chi connectivity index (χ3n) is 7.40. The van der Waals surface area contributed by atoms with Crippen molar-refractivity contribution in [1.29, 1.82) is 0 Å². The molecule has 1 saturated heterocycles. The van der Waals surface area contributed by atoms with E-state index in [0.717, 1.165) is 48.6 Å². The molecule has 0 spiro atoms. The number of carbonyl (C=O) groups excluding carboxylic acids is 1. The largest absolute Gasteiger partial charge is 0.382 e. The van der Waals surface area contributed by atoms with Gasteiger partial charge in [-0.1, -0.05) is 37.4 Å². The standard InChI is InChI=1S/C28H33FN4O2S/c1-4-25(34)36-24-13-20(7-5-18(24)2)14-30-21-9-11-32(12-10-21)16-28(35)17-33-19(3)6-8-23-27(33)26(28)22(29)15-31-23/h5-8,13,15,21,30,35H,3-4,9-12,14,16-17H2,1-2H3. The highest BCUT2D eigenvalue weighted by Gasteiger charge is 2.47. The van der Waals surface area contributed by atoms with Crippen LogP contribution in [0.3, 0.4) is 0 Å². The van der Waals surface area contributed by atoms with Crippen LogP contribution in [-0.2, 0) is 16.9 Å². The number of thioether (sulfide) groups is 1. The molecule has 1 aromatic heterocycles. The van der Waals surface area contributed by atoms with E-state index in [4.69, 9.17) is 0 Å². The van der Waals surface area contributed by atoms with Gasteiger partial charge in [0.05, 0.1) is 24.1 Å².